The predicted octanol–water partition coefficient (Wildman–Crippen LogP) is 5.27. The number of aryl methyl sites for hydroxylation is 2. The van der Waals surface area contributed by atoms with Crippen molar-refractivity contribution < 1.29 is 18.3 Å². The Morgan fingerprint density at radius 3 is 2.73 bits per heavy atom. The van der Waals surface area contributed by atoms with E-state index in [-0.39, 0.29) is 16.4 Å². The molecule has 1 aromatic carbocycles. The Balaban J connectivity index is 1.56. The van der Waals surface area contributed by atoms with Gasteiger partial charge in [0.25, 0.3) is 12.3 Å². The van der Waals surface area contributed by atoms with Crippen LogP contribution in [0.2, 0.25) is 0 Å². The van der Waals surface area contributed by atoms with Gasteiger partial charge in [0.1, 0.15) is 17.3 Å². The van der Waals surface area contributed by atoms with Crippen LogP contribution in [0.25, 0.3) is 22.4 Å². The van der Waals surface area contributed by atoms with Gasteiger partial charge >= 0.3 is 0 Å². The minimum absolute atomic E-state index is 0.238. The van der Waals surface area contributed by atoms with Crippen molar-refractivity contribution >= 4 is 22.4 Å². The number of carbonyl (C=O) groups excluding carboxylic acids is 1. The summed E-state index contributed by atoms with van der Waals surface area (Å²) in [6.07, 6.45) is 2.48. The molecule has 37 heavy (non-hydrogen) atoms. The number of imidazole rings is 1. The first-order valence-electron chi connectivity index (χ1n) is 11.5. The first-order chi connectivity index (χ1) is 17.8. The van der Waals surface area contributed by atoms with E-state index in [1.807, 2.05) is 24.7 Å². The average molecular weight is 521 g/mol. The van der Waals surface area contributed by atoms with Gasteiger partial charge in [-0.05, 0) is 49.4 Å². The van der Waals surface area contributed by atoms with E-state index in [0.717, 1.165) is 18.7 Å². The molecule has 188 valence electrons. The highest BCUT2D eigenvalue weighted by Crippen LogP contribution is 2.37. The highest BCUT2D eigenvalue weighted by molar-refractivity contribution is 7.15. The Labute approximate surface area is 215 Å². The van der Waals surface area contributed by atoms with E-state index in [1.165, 1.54) is 30.7 Å². The molecule has 4 aromatic rings. The molecule has 1 N–H and O–H groups in total. The number of alkyl halides is 2. The molecule has 1 aliphatic carbocycles. The zero-order valence-corrected chi connectivity index (χ0v) is 21.1. The standard InChI is InChI=1S/C26H22F2N6O2S/c1-14-30-21(13-34(14)2)16-7-8-17(18(10-16)19-11-20(24(27)28)29-12-22(19)36-3)25(35)31-26-33-32-23(37-26)9-6-15-4-5-15/h7-8,10-13,15,24H,4-5H2,1-3H3,(H,31,33,35). The van der Waals surface area contributed by atoms with E-state index in [2.05, 4.69) is 37.3 Å². The van der Waals surface area contributed by atoms with Crippen LogP contribution in [0.3, 0.4) is 0 Å². The fourth-order valence-electron chi connectivity index (χ4n) is 3.65. The smallest absolute Gasteiger partial charge is 0.280 e. The summed E-state index contributed by atoms with van der Waals surface area (Å²) >= 11 is 1.17. The van der Waals surface area contributed by atoms with E-state index >= 15 is 0 Å². The number of hydrogen-bond donors (Lipinski definition) is 1. The van der Waals surface area contributed by atoms with Crippen LogP contribution >= 0.6 is 11.3 Å². The SMILES string of the molecule is COc1cnc(C(F)F)cc1-c1cc(-c2cn(C)c(C)n2)ccc1C(=O)Nc1nnc(C#CC2CC2)s1. The molecule has 0 aliphatic heterocycles. The first kappa shape index (κ1) is 24.5. The van der Waals surface area contributed by atoms with Crippen molar-refractivity contribution in [3.05, 3.63) is 58.7 Å². The molecular formula is C26H22F2N6O2S. The lowest BCUT2D eigenvalue weighted by molar-refractivity contribution is 0.102. The van der Waals surface area contributed by atoms with E-state index < -0.39 is 18.0 Å². The number of ether oxygens (including phenoxy) is 1. The molecule has 0 atom stereocenters. The highest BCUT2D eigenvalue weighted by Gasteiger charge is 2.22. The molecule has 0 saturated heterocycles. The molecule has 1 aliphatic rings. The number of rotatable bonds is 6. The number of nitrogens with one attached hydrogen (secondary N) is 1. The molecule has 1 saturated carbocycles. The summed E-state index contributed by atoms with van der Waals surface area (Å²) < 4.78 is 34.4. The number of anilines is 1. The maximum atomic E-state index is 13.5. The summed E-state index contributed by atoms with van der Waals surface area (Å²) in [5.41, 5.74) is 1.89. The topological polar surface area (TPSA) is 94.8 Å². The molecule has 0 bridgehead atoms. The van der Waals surface area contributed by atoms with Crippen LogP contribution in [0.15, 0.2) is 36.7 Å². The molecule has 1 fully saturated rings. The predicted molar refractivity (Wildman–Crippen MR) is 136 cm³/mol. The van der Waals surface area contributed by atoms with Crippen LogP contribution in [0.1, 0.15) is 46.2 Å². The minimum Gasteiger partial charge on any atom is -0.494 e. The number of benzene rings is 1. The van der Waals surface area contributed by atoms with Gasteiger partial charge in [0.15, 0.2) is 5.01 Å². The molecule has 8 nitrogen and oxygen atoms in total. The molecule has 0 unspecified atom stereocenters. The second-order valence-electron chi connectivity index (χ2n) is 8.56. The Morgan fingerprint density at radius 1 is 1.24 bits per heavy atom. The fourth-order valence-corrected chi connectivity index (χ4v) is 4.25. The lowest BCUT2D eigenvalue weighted by atomic mass is 9.95. The van der Waals surface area contributed by atoms with E-state index in [4.69, 9.17) is 4.74 Å². The normalized spacial score (nSPS) is 12.8. The van der Waals surface area contributed by atoms with Gasteiger partial charge in [-0.15, -0.1) is 10.2 Å². The van der Waals surface area contributed by atoms with Crippen molar-refractivity contribution in [2.24, 2.45) is 13.0 Å². The van der Waals surface area contributed by atoms with Gasteiger partial charge in [-0.1, -0.05) is 23.3 Å². The number of carbonyl (C=O) groups is 1. The molecular weight excluding hydrogens is 498 g/mol. The van der Waals surface area contributed by atoms with Crippen LogP contribution in [0.5, 0.6) is 5.75 Å². The number of halogens is 2. The van der Waals surface area contributed by atoms with E-state index in [0.29, 0.717) is 33.3 Å². The van der Waals surface area contributed by atoms with Crippen LogP contribution in [-0.4, -0.2) is 37.7 Å². The van der Waals surface area contributed by atoms with Gasteiger partial charge in [-0.25, -0.2) is 13.8 Å². The zero-order chi connectivity index (χ0) is 26.1. The van der Waals surface area contributed by atoms with Crippen molar-refractivity contribution in [2.45, 2.75) is 26.2 Å². The molecule has 1 amide bonds. The quantitative estimate of drug-likeness (QED) is 0.348. The van der Waals surface area contributed by atoms with Gasteiger partial charge in [0.05, 0.1) is 19.0 Å². The Hall–Kier alpha value is -4.17. The summed E-state index contributed by atoms with van der Waals surface area (Å²) in [5.74, 6) is 7.09. The van der Waals surface area contributed by atoms with Crippen molar-refractivity contribution in [3.8, 4) is 40.0 Å². The lowest BCUT2D eigenvalue weighted by Crippen LogP contribution is -2.13. The average Bonchev–Trinajstić information content (AvgIpc) is 3.53. The highest BCUT2D eigenvalue weighted by atomic mass is 32.1. The number of pyridine rings is 1. The maximum absolute atomic E-state index is 13.5. The van der Waals surface area contributed by atoms with Gasteiger partial charge in [-0.3, -0.25) is 15.1 Å². The van der Waals surface area contributed by atoms with Gasteiger partial charge < -0.3 is 9.30 Å². The monoisotopic (exact) mass is 520 g/mol. The first-order valence-corrected chi connectivity index (χ1v) is 12.3. The summed E-state index contributed by atoms with van der Waals surface area (Å²) in [7, 11) is 3.29. The molecule has 11 heteroatoms. The third-order valence-electron chi connectivity index (χ3n) is 5.90. The Bertz CT molecular complexity index is 1530. The summed E-state index contributed by atoms with van der Waals surface area (Å²) in [5, 5.41) is 11.6. The third kappa shape index (κ3) is 5.34. The summed E-state index contributed by atoms with van der Waals surface area (Å²) in [4.78, 5) is 21.7. The van der Waals surface area contributed by atoms with Crippen LogP contribution < -0.4 is 10.1 Å². The molecule has 0 spiro atoms. The van der Waals surface area contributed by atoms with Gasteiger partial charge in [0, 0.05) is 35.9 Å². The van der Waals surface area contributed by atoms with Crippen molar-refractivity contribution in [1.29, 1.82) is 0 Å². The lowest BCUT2D eigenvalue weighted by Gasteiger charge is -2.15. The Morgan fingerprint density at radius 2 is 2.05 bits per heavy atom. The minimum atomic E-state index is -2.79. The van der Waals surface area contributed by atoms with Crippen LogP contribution in [-0.2, 0) is 7.05 Å². The maximum Gasteiger partial charge on any atom is 0.280 e. The van der Waals surface area contributed by atoms with E-state index in [1.54, 1.807) is 18.2 Å². The molecule has 3 heterocycles. The molecule has 3 aromatic heterocycles. The zero-order valence-electron chi connectivity index (χ0n) is 20.2. The second kappa shape index (κ2) is 10.1. The van der Waals surface area contributed by atoms with Crippen LogP contribution in [0.4, 0.5) is 13.9 Å². The number of methoxy groups -OCH3 is 1. The largest absolute Gasteiger partial charge is 0.494 e. The van der Waals surface area contributed by atoms with Crippen molar-refractivity contribution in [1.82, 2.24) is 24.7 Å². The van der Waals surface area contributed by atoms with Gasteiger partial charge in [0.2, 0.25) is 5.13 Å². The number of nitrogens with zero attached hydrogens (tertiary/aromatic N) is 5. The van der Waals surface area contributed by atoms with Crippen molar-refractivity contribution in [3.63, 3.8) is 0 Å². The second-order valence-corrected chi connectivity index (χ2v) is 9.54. The van der Waals surface area contributed by atoms with Crippen LogP contribution in [0, 0.1) is 24.7 Å². The number of aromatic nitrogens is 5. The Kier molecular flexibility index (Phi) is 6.67. The van der Waals surface area contributed by atoms with E-state index in [9.17, 15) is 13.6 Å². The fraction of sp³-hybridized carbons (Fsp3) is 0.269. The number of amides is 1. The summed E-state index contributed by atoms with van der Waals surface area (Å²) in [6.45, 7) is 1.87. The molecule has 5 rings (SSSR count). The molecule has 0 radical (unpaired) electrons. The van der Waals surface area contributed by atoms with Gasteiger partial charge in [-0.2, -0.15) is 0 Å². The third-order valence-corrected chi connectivity index (χ3v) is 6.65. The number of hydrogen-bond acceptors (Lipinski definition) is 7. The van der Waals surface area contributed by atoms with Crippen molar-refractivity contribution in [2.75, 3.05) is 12.4 Å². The summed E-state index contributed by atoms with van der Waals surface area (Å²) in [6, 6.07) is 6.35.